The molecule has 0 aliphatic heterocycles. The van der Waals surface area contributed by atoms with Crippen LogP contribution in [0.5, 0.6) is 0 Å². The quantitative estimate of drug-likeness (QED) is 0.128. The van der Waals surface area contributed by atoms with Crippen molar-refractivity contribution in [3.05, 3.63) is 0 Å². The molecule has 0 radical (unpaired) electrons. The molecule has 0 aliphatic rings. The molecule has 0 unspecified atom stereocenters. The molecule has 0 aliphatic carbocycles. The van der Waals surface area contributed by atoms with Crippen LogP contribution in [0.3, 0.4) is 0 Å². The van der Waals surface area contributed by atoms with Crippen LogP contribution in [-0.4, -0.2) is 69.9 Å². The molecule has 0 spiro atoms. The van der Waals surface area contributed by atoms with Gasteiger partial charge in [-0.15, -0.1) is 0 Å². The average molecular weight is 460 g/mol. The fourth-order valence-corrected chi connectivity index (χ4v) is 2.34. The number of hydrogen-bond acceptors (Lipinski definition) is 6. The minimum atomic E-state index is -0.227. The van der Waals surface area contributed by atoms with Crippen molar-refractivity contribution in [2.75, 3.05) is 63.9 Å². The molecule has 0 fully saturated rings. The summed E-state index contributed by atoms with van der Waals surface area (Å²) in [7, 11) is 0. The molecule has 0 aromatic heterocycles. The van der Waals surface area contributed by atoms with Crippen LogP contribution in [0, 0.1) is 0 Å². The summed E-state index contributed by atoms with van der Waals surface area (Å²) in [6.07, 6.45) is 5.28. The van der Waals surface area contributed by atoms with Crippen LogP contribution in [0.4, 0.5) is 0 Å². The standard InChI is InChI=1S/C17H33IO6/c1-2-24-17(19)7-10-21-12-14-23-16-15-22-13-11-20-9-6-4-3-5-8-18/h2-16H2,1H3. The summed E-state index contributed by atoms with van der Waals surface area (Å²) < 4.78 is 27.6. The predicted molar refractivity (Wildman–Crippen MR) is 102 cm³/mol. The van der Waals surface area contributed by atoms with Gasteiger partial charge in [-0.3, -0.25) is 4.79 Å². The molecule has 24 heavy (non-hydrogen) atoms. The predicted octanol–water partition coefficient (Wildman–Crippen LogP) is 3.00. The molecule has 0 aromatic carbocycles. The van der Waals surface area contributed by atoms with Gasteiger partial charge < -0.3 is 23.7 Å². The Hall–Kier alpha value is 0.0400. The lowest BCUT2D eigenvalue weighted by atomic mass is 10.2. The number of esters is 1. The van der Waals surface area contributed by atoms with E-state index in [4.69, 9.17) is 23.7 Å². The molecule has 6 nitrogen and oxygen atoms in total. The molecule has 0 rings (SSSR count). The van der Waals surface area contributed by atoms with Crippen LogP contribution in [-0.2, 0) is 28.5 Å². The van der Waals surface area contributed by atoms with E-state index in [1.54, 1.807) is 6.92 Å². The molecular formula is C17H33IO6. The Bertz CT molecular complexity index is 265. The molecule has 0 aromatic rings. The Morgan fingerprint density at radius 1 is 0.708 bits per heavy atom. The topological polar surface area (TPSA) is 63.2 Å². The number of rotatable bonds is 19. The van der Waals surface area contributed by atoms with Gasteiger partial charge in [0.25, 0.3) is 0 Å². The number of unbranched alkanes of at least 4 members (excludes halogenated alkanes) is 3. The first-order chi connectivity index (χ1) is 11.8. The molecule has 7 heteroatoms. The highest BCUT2D eigenvalue weighted by Gasteiger charge is 2.00. The maximum Gasteiger partial charge on any atom is 0.308 e. The van der Waals surface area contributed by atoms with Crippen molar-refractivity contribution >= 4 is 28.6 Å². The number of ether oxygens (including phenoxy) is 5. The van der Waals surface area contributed by atoms with Crippen LogP contribution in [0.1, 0.15) is 39.0 Å². The molecule has 0 amide bonds. The first-order valence-electron chi connectivity index (χ1n) is 8.83. The van der Waals surface area contributed by atoms with Crippen LogP contribution in [0.15, 0.2) is 0 Å². The Labute approximate surface area is 160 Å². The Kier molecular flexibility index (Phi) is 21.1. The fourth-order valence-electron chi connectivity index (χ4n) is 1.80. The lowest BCUT2D eigenvalue weighted by molar-refractivity contribution is -0.144. The summed E-state index contributed by atoms with van der Waals surface area (Å²) in [6.45, 7) is 6.70. The van der Waals surface area contributed by atoms with Gasteiger partial charge in [-0.2, -0.15) is 0 Å². The van der Waals surface area contributed by atoms with Crippen molar-refractivity contribution in [3.8, 4) is 0 Å². The van der Waals surface area contributed by atoms with Crippen molar-refractivity contribution in [1.29, 1.82) is 0 Å². The van der Waals surface area contributed by atoms with Crippen LogP contribution in [0.25, 0.3) is 0 Å². The van der Waals surface area contributed by atoms with E-state index in [0.29, 0.717) is 52.9 Å². The second-order valence-corrected chi connectivity index (χ2v) is 6.19. The van der Waals surface area contributed by atoms with Crippen LogP contribution < -0.4 is 0 Å². The normalized spacial score (nSPS) is 10.9. The molecular weight excluding hydrogens is 427 g/mol. The maximum absolute atomic E-state index is 11.0. The van der Waals surface area contributed by atoms with Crippen molar-refractivity contribution < 1.29 is 28.5 Å². The van der Waals surface area contributed by atoms with E-state index in [0.717, 1.165) is 13.0 Å². The zero-order valence-corrected chi connectivity index (χ0v) is 17.1. The van der Waals surface area contributed by atoms with E-state index in [9.17, 15) is 4.79 Å². The van der Waals surface area contributed by atoms with Gasteiger partial charge in [-0.05, 0) is 24.2 Å². The molecule has 0 saturated heterocycles. The minimum absolute atomic E-state index is 0.227. The summed E-state index contributed by atoms with van der Waals surface area (Å²) in [6, 6.07) is 0. The third kappa shape index (κ3) is 20.1. The summed E-state index contributed by atoms with van der Waals surface area (Å²) in [4.78, 5) is 11.0. The smallest absolute Gasteiger partial charge is 0.308 e. The van der Waals surface area contributed by atoms with Gasteiger partial charge in [0.15, 0.2) is 0 Å². The van der Waals surface area contributed by atoms with Gasteiger partial charge in [0.1, 0.15) is 0 Å². The van der Waals surface area contributed by atoms with Gasteiger partial charge in [-0.1, -0.05) is 35.4 Å². The van der Waals surface area contributed by atoms with Gasteiger partial charge in [0.05, 0.1) is 59.3 Å². The second-order valence-electron chi connectivity index (χ2n) is 5.11. The van der Waals surface area contributed by atoms with Crippen molar-refractivity contribution in [3.63, 3.8) is 0 Å². The molecule has 0 N–H and O–H groups in total. The van der Waals surface area contributed by atoms with Gasteiger partial charge in [-0.25, -0.2) is 0 Å². The molecule has 0 bridgehead atoms. The monoisotopic (exact) mass is 460 g/mol. The summed E-state index contributed by atoms with van der Waals surface area (Å²) in [5.74, 6) is -0.227. The highest BCUT2D eigenvalue weighted by Crippen LogP contribution is 2.02. The number of hydrogen-bond donors (Lipinski definition) is 0. The maximum atomic E-state index is 11.0. The Balaban J connectivity index is 3.01. The van der Waals surface area contributed by atoms with Crippen molar-refractivity contribution in [1.82, 2.24) is 0 Å². The summed E-state index contributed by atoms with van der Waals surface area (Å²) >= 11 is 2.41. The number of carbonyl (C=O) groups is 1. The fraction of sp³-hybridized carbons (Fsp3) is 0.941. The first kappa shape index (κ1) is 24.0. The van der Waals surface area contributed by atoms with Gasteiger partial charge in [0, 0.05) is 6.61 Å². The Morgan fingerprint density at radius 2 is 1.21 bits per heavy atom. The second kappa shape index (κ2) is 21.1. The summed E-state index contributed by atoms with van der Waals surface area (Å²) in [5, 5.41) is 0. The van der Waals surface area contributed by atoms with E-state index in [1.165, 1.54) is 23.7 Å². The number of halogens is 1. The molecule has 0 atom stereocenters. The molecule has 0 saturated carbocycles. The minimum Gasteiger partial charge on any atom is -0.466 e. The zero-order valence-electron chi connectivity index (χ0n) is 14.9. The average Bonchev–Trinajstić information content (AvgIpc) is 2.58. The van der Waals surface area contributed by atoms with Crippen molar-refractivity contribution in [2.45, 2.75) is 39.0 Å². The van der Waals surface area contributed by atoms with E-state index >= 15 is 0 Å². The van der Waals surface area contributed by atoms with Crippen molar-refractivity contribution in [2.24, 2.45) is 0 Å². The third-order valence-corrected chi connectivity index (χ3v) is 3.81. The zero-order chi connectivity index (χ0) is 17.7. The molecule has 0 heterocycles. The molecule has 144 valence electrons. The largest absolute Gasteiger partial charge is 0.466 e. The number of carbonyl (C=O) groups excluding carboxylic acids is 1. The van der Waals surface area contributed by atoms with E-state index in [1.807, 2.05) is 0 Å². The highest BCUT2D eigenvalue weighted by molar-refractivity contribution is 14.1. The van der Waals surface area contributed by atoms with Gasteiger partial charge in [0.2, 0.25) is 0 Å². The Morgan fingerprint density at radius 3 is 1.75 bits per heavy atom. The third-order valence-electron chi connectivity index (χ3n) is 3.04. The van der Waals surface area contributed by atoms with Crippen LogP contribution >= 0.6 is 22.6 Å². The van der Waals surface area contributed by atoms with E-state index in [-0.39, 0.29) is 12.4 Å². The van der Waals surface area contributed by atoms with Gasteiger partial charge >= 0.3 is 5.97 Å². The SMILES string of the molecule is CCOC(=O)CCOCCOCCOCCOCCCCCCI. The lowest BCUT2D eigenvalue weighted by Gasteiger charge is -2.07. The first-order valence-corrected chi connectivity index (χ1v) is 10.4. The highest BCUT2D eigenvalue weighted by atomic mass is 127. The van der Waals surface area contributed by atoms with E-state index in [2.05, 4.69) is 22.6 Å². The van der Waals surface area contributed by atoms with Crippen LogP contribution in [0.2, 0.25) is 0 Å². The van der Waals surface area contributed by atoms with E-state index < -0.39 is 0 Å². The lowest BCUT2D eigenvalue weighted by Crippen LogP contribution is -2.13. The number of alkyl halides is 1. The summed E-state index contributed by atoms with van der Waals surface area (Å²) in [5.41, 5.74) is 0.